The molecular formula is C20H27N3. The number of aliphatic imine (C=N–C) groups is 2. The molecule has 0 radical (unpaired) electrons. The van der Waals surface area contributed by atoms with Gasteiger partial charge >= 0.3 is 0 Å². The Morgan fingerprint density at radius 3 is 2.48 bits per heavy atom. The summed E-state index contributed by atoms with van der Waals surface area (Å²) in [5.41, 5.74) is 10.3. The van der Waals surface area contributed by atoms with Crippen molar-refractivity contribution in [1.29, 1.82) is 0 Å². The molecule has 1 aromatic rings. The number of rotatable bonds is 6. The van der Waals surface area contributed by atoms with E-state index in [0.717, 1.165) is 23.3 Å². The molecule has 0 aromatic heterocycles. The Labute approximate surface area is 140 Å². The minimum atomic E-state index is 0.274. The Balaban J connectivity index is 3.09. The van der Waals surface area contributed by atoms with E-state index in [9.17, 15) is 0 Å². The summed E-state index contributed by atoms with van der Waals surface area (Å²) in [6.45, 7) is 12.0. The zero-order valence-electron chi connectivity index (χ0n) is 14.6. The van der Waals surface area contributed by atoms with E-state index in [2.05, 4.69) is 61.6 Å². The van der Waals surface area contributed by atoms with Gasteiger partial charge in [0.2, 0.25) is 5.96 Å². The Morgan fingerprint density at radius 2 is 1.96 bits per heavy atom. The summed E-state index contributed by atoms with van der Waals surface area (Å²) in [5.74, 6) is 0.629. The van der Waals surface area contributed by atoms with Gasteiger partial charge in [-0.25, -0.2) is 9.98 Å². The first-order valence-electron chi connectivity index (χ1n) is 7.95. The third kappa shape index (κ3) is 5.70. The van der Waals surface area contributed by atoms with Crippen LogP contribution in [0.2, 0.25) is 0 Å². The minimum absolute atomic E-state index is 0.274. The maximum Gasteiger partial charge on any atom is 0.220 e. The molecule has 0 aliphatic rings. The molecular weight excluding hydrogens is 282 g/mol. The molecule has 0 saturated carbocycles. The van der Waals surface area contributed by atoms with Crippen molar-refractivity contribution >= 4 is 17.7 Å². The number of hydrogen-bond acceptors (Lipinski definition) is 1. The van der Waals surface area contributed by atoms with Crippen molar-refractivity contribution in [3.05, 3.63) is 65.9 Å². The van der Waals surface area contributed by atoms with Crippen molar-refractivity contribution in [2.45, 2.75) is 40.0 Å². The average Bonchev–Trinajstić information content (AvgIpc) is 2.58. The number of hydrogen-bond donors (Lipinski definition) is 1. The topological polar surface area (TPSA) is 50.7 Å². The molecule has 1 atom stereocenters. The zero-order chi connectivity index (χ0) is 17.2. The molecule has 1 aromatic carbocycles. The lowest BCUT2D eigenvalue weighted by molar-refractivity contribution is 0.970. The monoisotopic (exact) mass is 309 g/mol. The highest BCUT2D eigenvalue weighted by Crippen LogP contribution is 2.24. The molecule has 0 spiro atoms. The quantitative estimate of drug-likeness (QED) is 0.445. The van der Waals surface area contributed by atoms with Crippen LogP contribution in [0.3, 0.4) is 0 Å². The molecule has 0 fully saturated rings. The molecule has 0 saturated heterocycles. The van der Waals surface area contributed by atoms with E-state index in [1.807, 2.05) is 25.2 Å². The molecule has 0 aliphatic carbocycles. The van der Waals surface area contributed by atoms with Gasteiger partial charge in [0.05, 0.1) is 0 Å². The van der Waals surface area contributed by atoms with Crippen LogP contribution in [0.15, 0.2) is 64.8 Å². The second-order valence-electron chi connectivity index (χ2n) is 5.35. The van der Waals surface area contributed by atoms with E-state index in [0.29, 0.717) is 5.92 Å². The summed E-state index contributed by atoms with van der Waals surface area (Å²) in [7, 11) is 0. The van der Waals surface area contributed by atoms with Crippen molar-refractivity contribution in [2.24, 2.45) is 15.7 Å². The number of nitrogens with two attached hydrogens (primary N) is 1. The molecule has 3 heteroatoms. The molecule has 0 bridgehead atoms. The lowest BCUT2D eigenvalue weighted by Crippen LogP contribution is -2.08. The Kier molecular flexibility index (Phi) is 7.75. The minimum Gasteiger partial charge on any atom is -0.368 e. The van der Waals surface area contributed by atoms with E-state index in [1.54, 1.807) is 6.21 Å². The summed E-state index contributed by atoms with van der Waals surface area (Å²) in [4.78, 5) is 8.54. The lowest BCUT2D eigenvalue weighted by atomic mass is 9.97. The first-order chi connectivity index (χ1) is 11.0. The summed E-state index contributed by atoms with van der Waals surface area (Å²) in [6.07, 6.45) is 8.11. The van der Waals surface area contributed by atoms with E-state index >= 15 is 0 Å². The molecule has 0 amide bonds. The SMILES string of the molecule is C=CC(C)c1ccc(/C(C)=C(CC)/N=C(N)/N=C\C=C/C)cc1. The average molecular weight is 309 g/mol. The van der Waals surface area contributed by atoms with Gasteiger partial charge in [-0.2, -0.15) is 0 Å². The van der Waals surface area contributed by atoms with Crippen molar-refractivity contribution in [3.63, 3.8) is 0 Å². The van der Waals surface area contributed by atoms with E-state index in [4.69, 9.17) is 5.73 Å². The molecule has 0 heterocycles. The van der Waals surface area contributed by atoms with Gasteiger partial charge in [0.15, 0.2) is 0 Å². The van der Waals surface area contributed by atoms with Crippen LogP contribution >= 0.6 is 0 Å². The zero-order valence-corrected chi connectivity index (χ0v) is 14.6. The maximum absolute atomic E-state index is 5.86. The third-order valence-corrected chi connectivity index (χ3v) is 3.73. The van der Waals surface area contributed by atoms with Gasteiger partial charge in [-0.15, -0.1) is 6.58 Å². The largest absolute Gasteiger partial charge is 0.368 e. The first-order valence-corrected chi connectivity index (χ1v) is 7.95. The van der Waals surface area contributed by atoms with Crippen LogP contribution in [0.5, 0.6) is 0 Å². The van der Waals surface area contributed by atoms with Gasteiger partial charge in [-0.1, -0.05) is 50.3 Å². The highest BCUT2D eigenvalue weighted by molar-refractivity contribution is 5.90. The molecule has 2 N–H and O–H groups in total. The van der Waals surface area contributed by atoms with Gasteiger partial charge < -0.3 is 5.73 Å². The van der Waals surface area contributed by atoms with Gasteiger partial charge in [-0.05, 0) is 49.0 Å². The fourth-order valence-electron chi connectivity index (χ4n) is 2.14. The van der Waals surface area contributed by atoms with Crippen LogP contribution < -0.4 is 5.73 Å². The maximum atomic E-state index is 5.86. The molecule has 3 nitrogen and oxygen atoms in total. The summed E-state index contributed by atoms with van der Waals surface area (Å²) in [5, 5.41) is 0. The highest BCUT2D eigenvalue weighted by Gasteiger charge is 2.05. The van der Waals surface area contributed by atoms with E-state index < -0.39 is 0 Å². The molecule has 23 heavy (non-hydrogen) atoms. The predicted molar refractivity (Wildman–Crippen MR) is 103 cm³/mol. The second-order valence-corrected chi connectivity index (χ2v) is 5.35. The van der Waals surface area contributed by atoms with Gasteiger partial charge in [-0.3, -0.25) is 0 Å². The van der Waals surface area contributed by atoms with Crippen LogP contribution in [-0.2, 0) is 0 Å². The molecule has 0 aliphatic heterocycles. The third-order valence-electron chi connectivity index (χ3n) is 3.73. The van der Waals surface area contributed by atoms with Crippen molar-refractivity contribution < 1.29 is 0 Å². The fourth-order valence-corrected chi connectivity index (χ4v) is 2.14. The van der Waals surface area contributed by atoms with Crippen LogP contribution in [-0.4, -0.2) is 12.2 Å². The Hall–Kier alpha value is -2.42. The van der Waals surface area contributed by atoms with Gasteiger partial charge in [0.1, 0.15) is 0 Å². The molecule has 122 valence electrons. The summed E-state index contributed by atoms with van der Waals surface area (Å²) in [6, 6.07) is 8.51. The smallest absolute Gasteiger partial charge is 0.220 e. The fraction of sp³-hybridized carbons (Fsp3) is 0.300. The van der Waals surface area contributed by atoms with Crippen LogP contribution in [0.25, 0.3) is 5.57 Å². The number of allylic oxidation sites excluding steroid dienone is 5. The van der Waals surface area contributed by atoms with Gasteiger partial charge in [0.25, 0.3) is 0 Å². The van der Waals surface area contributed by atoms with Crippen LogP contribution in [0, 0.1) is 0 Å². The normalized spacial score (nSPS) is 15.0. The van der Waals surface area contributed by atoms with Gasteiger partial charge in [0, 0.05) is 11.9 Å². The Morgan fingerprint density at radius 1 is 1.30 bits per heavy atom. The first kappa shape index (κ1) is 18.6. The molecule has 1 unspecified atom stereocenters. The number of benzene rings is 1. The van der Waals surface area contributed by atoms with Crippen molar-refractivity contribution in [3.8, 4) is 0 Å². The number of nitrogens with zero attached hydrogens (tertiary/aromatic N) is 2. The van der Waals surface area contributed by atoms with Crippen molar-refractivity contribution in [2.75, 3.05) is 0 Å². The highest BCUT2D eigenvalue weighted by atomic mass is 15.0. The van der Waals surface area contributed by atoms with E-state index in [1.165, 1.54) is 5.56 Å². The number of guanidine groups is 1. The lowest BCUT2D eigenvalue weighted by Gasteiger charge is -2.10. The van der Waals surface area contributed by atoms with E-state index in [-0.39, 0.29) is 5.96 Å². The van der Waals surface area contributed by atoms with Crippen LogP contribution in [0.4, 0.5) is 0 Å². The summed E-state index contributed by atoms with van der Waals surface area (Å²) >= 11 is 0. The standard InChI is InChI=1S/C20H27N3/c1-6-9-14-22-20(21)23-19(8-3)16(5)18-12-10-17(11-13-18)15(4)7-2/h6-7,9-15H,2,8H2,1,3-5H3,(H2,21,23)/b9-6-,19-16+,22-14-. The van der Waals surface area contributed by atoms with Crippen molar-refractivity contribution in [1.82, 2.24) is 0 Å². The summed E-state index contributed by atoms with van der Waals surface area (Å²) < 4.78 is 0. The Bertz CT molecular complexity index is 631. The predicted octanol–water partition coefficient (Wildman–Crippen LogP) is 5.08. The second kappa shape index (κ2) is 9.57. The molecule has 1 rings (SSSR count). The van der Waals surface area contributed by atoms with Crippen LogP contribution in [0.1, 0.15) is 51.2 Å².